The molecule has 0 unspecified atom stereocenters. The average Bonchev–Trinajstić information content (AvgIpc) is 3.37. The molecule has 1 aromatic carbocycles. The van der Waals surface area contributed by atoms with Gasteiger partial charge in [0.25, 0.3) is 0 Å². The van der Waals surface area contributed by atoms with E-state index >= 15 is 0 Å². The second kappa shape index (κ2) is 6.41. The standard InChI is InChI=1S/C21H21N5/c1-2-11-23-20(5-1)26-19-15-22-12-10-18(19)24-21(26)16-6-8-17(9-7-16)25-13-3-4-14-25/h5-12,15H,1-4,13-14H2. The highest BCUT2D eigenvalue weighted by Crippen LogP contribution is 2.31. The molecule has 0 saturated carbocycles. The SMILES string of the molecule is C1=NC(n2c(-c3ccc(N4CCCC4)cc3)nc3ccncc32)=CCC1. The molecule has 0 bridgehead atoms. The van der Waals surface area contributed by atoms with E-state index in [0.717, 1.165) is 54.2 Å². The molecule has 130 valence electrons. The number of nitrogens with zero attached hydrogens (tertiary/aromatic N) is 5. The Bertz CT molecular complexity index is 991. The van der Waals surface area contributed by atoms with E-state index in [0.29, 0.717) is 0 Å². The monoisotopic (exact) mass is 343 g/mol. The maximum atomic E-state index is 4.88. The van der Waals surface area contributed by atoms with Crippen LogP contribution >= 0.6 is 0 Å². The molecular weight excluding hydrogens is 322 g/mol. The van der Waals surface area contributed by atoms with E-state index < -0.39 is 0 Å². The maximum Gasteiger partial charge on any atom is 0.146 e. The quantitative estimate of drug-likeness (QED) is 0.710. The molecule has 2 aromatic heterocycles. The van der Waals surface area contributed by atoms with Crippen LogP contribution < -0.4 is 4.90 Å². The zero-order chi connectivity index (χ0) is 17.3. The predicted molar refractivity (Wildman–Crippen MR) is 106 cm³/mol. The fourth-order valence-electron chi connectivity index (χ4n) is 3.79. The molecule has 5 rings (SSSR count). The van der Waals surface area contributed by atoms with Crippen molar-refractivity contribution in [2.24, 2.45) is 4.99 Å². The first-order chi connectivity index (χ1) is 12.9. The zero-order valence-corrected chi connectivity index (χ0v) is 14.7. The van der Waals surface area contributed by atoms with Crippen molar-refractivity contribution in [3.8, 4) is 11.4 Å². The summed E-state index contributed by atoms with van der Waals surface area (Å²) in [5.74, 6) is 1.86. The highest BCUT2D eigenvalue weighted by Gasteiger charge is 2.17. The lowest BCUT2D eigenvalue weighted by Crippen LogP contribution is -2.17. The summed E-state index contributed by atoms with van der Waals surface area (Å²) in [4.78, 5) is 16.2. The van der Waals surface area contributed by atoms with E-state index in [-0.39, 0.29) is 0 Å². The summed E-state index contributed by atoms with van der Waals surface area (Å²) < 4.78 is 2.13. The highest BCUT2D eigenvalue weighted by molar-refractivity contribution is 5.86. The number of hydrogen-bond acceptors (Lipinski definition) is 4. The van der Waals surface area contributed by atoms with E-state index in [2.05, 4.69) is 49.8 Å². The Balaban J connectivity index is 1.62. The third-order valence-corrected chi connectivity index (χ3v) is 5.13. The van der Waals surface area contributed by atoms with Gasteiger partial charge in [0.05, 0.1) is 17.2 Å². The number of benzene rings is 1. The van der Waals surface area contributed by atoms with Crippen molar-refractivity contribution in [3.05, 3.63) is 48.8 Å². The molecule has 5 heteroatoms. The van der Waals surface area contributed by atoms with Gasteiger partial charge in [0.15, 0.2) is 0 Å². The maximum absolute atomic E-state index is 4.88. The number of allylic oxidation sites excluding steroid dienone is 1. The molecule has 3 aromatic rings. The Labute approximate surface area is 152 Å². The van der Waals surface area contributed by atoms with Crippen molar-refractivity contribution in [2.45, 2.75) is 25.7 Å². The second-order valence-corrected chi connectivity index (χ2v) is 6.83. The molecule has 4 heterocycles. The summed E-state index contributed by atoms with van der Waals surface area (Å²) in [6.07, 6.45) is 12.4. The van der Waals surface area contributed by atoms with Crippen LogP contribution in [0.5, 0.6) is 0 Å². The van der Waals surface area contributed by atoms with E-state index in [1.165, 1.54) is 18.5 Å². The lowest BCUT2D eigenvalue weighted by atomic mass is 10.2. The Morgan fingerprint density at radius 3 is 2.54 bits per heavy atom. The molecular formula is C21H21N5. The molecule has 0 aliphatic carbocycles. The first-order valence-electron chi connectivity index (χ1n) is 9.31. The van der Waals surface area contributed by atoms with E-state index in [9.17, 15) is 0 Å². The fourth-order valence-corrected chi connectivity index (χ4v) is 3.79. The van der Waals surface area contributed by atoms with Gasteiger partial charge in [-0.05, 0) is 62.1 Å². The van der Waals surface area contributed by atoms with Gasteiger partial charge < -0.3 is 4.90 Å². The van der Waals surface area contributed by atoms with Crippen LogP contribution in [0.25, 0.3) is 28.2 Å². The van der Waals surface area contributed by atoms with Gasteiger partial charge in [0.1, 0.15) is 11.6 Å². The lowest BCUT2D eigenvalue weighted by molar-refractivity contribution is 0.949. The fraction of sp³-hybridized carbons (Fsp3) is 0.286. The van der Waals surface area contributed by atoms with Gasteiger partial charge in [-0.3, -0.25) is 9.55 Å². The predicted octanol–water partition coefficient (Wildman–Crippen LogP) is 4.36. The van der Waals surface area contributed by atoms with Gasteiger partial charge in [0, 0.05) is 36.8 Å². The third-order valence-electron chi connectivity index (χ3n) is 5.13. The normalized spacial score (nSPS) is 17.1. The zero-order valence-electron chi connectivity index (χ0n) is 14.7. The van der Waals surface area contributed by atoms with Crippen LogP contribution in [-0.4, -0.2) is 33.8 Å². The highest BCUT2D eigenvalue weighted by atomic mass is 15.2. The van der Waals surface area contributed by atoms with Gasteiger partial charge in [-0.2, -0.15) is 0 Å². The smallest absolute Gasteiger partial charge is 0.146 e. The molecule has 0 spiro atoms. The number of aliphatic imine (C=N–C) groups is 1. The van der Waals surface area contributed by atoms with Crippen LogP contribution in [0.3, 0.4) is 0 Å². The Morgan fingerprint density at radius 2 is 1.77 bits per heavy atom. The van der Waals surface area contributed by atoms with Crippen LogP contribution in [0.15, 0.2) is 53.8 Å². The summed E-state index contributed by atoms with van der Waals surface area (Å²) in [7, 11) is 0. The number of anilines is 1. The summed E-state index contributed by atoms with van der Waals surface area (Å²) in [5.41, 5.74) is 4.34. The molecule has 2 aliphatic heterocycles. The number of hydrogen-bond donors (Lipinski definition) is 0. The van der Waals surface area contributed by atoms with Crippen molar-refractivity contribution in [1.82, 2.24) is 14.5 Å². The van der Waals surface area contributed by atoms with Crippen LogP contribution in [0.1, 0.15) is 25.7 Å². The first-order valence-corrected chi connectivity index (χ1v) is 9.31. The van der Waals surface area contributed by atoms with Gasteiger partial charge in [-0.25, -0.2) is 9.98 Å². The third kappa shape index (κ3) is 2.60. The molecule has 0 radical (unpaired) electrons. The molecule has 2 aliphatic rings. The molecule has 0 N–H and O–H groups in total. The van der Waals surface area contributed by atoms with Crippen LogP contribution in [0.4, 0.5) is 5.69 Å². The molecule has 0 atom stereocenters. The molecule has 1 saturated heterocycles. The second-order valence-electron chi connectivity index (χ2n) is 6.83. The van der Waals surface area contributed by atoms with Gasteiger partial charge >= 0.3 is 0 Å². The van der Waals surface area contributed by atoms with E-state index in [1.54, 1.807) is 6.20 Å². The Morgan fingerprint density at radius 1 is 0.923 bits per heavy atom. The van der Waals surface area contributed by atoms with E-state index in [1.807, 2.05) is 18.5 Å². The number of aromatic nitrogens is 3. The Hall–Kier alpha value is -2.95. The molecule has 26 heavy (non-hydrogen) atoms. The van der Waals surface area contributed by atoms with Gasteiger partial charge in [-0.15, -0.1) is 0 Å². The van der Waals surface area contributed by atoms with E-state index in [4.69, 9.17) is 4.98 Å². The number of pyridine rings is 1. The minimum atomic E-state index is 0.922. The largest absolute Gasteiger partial charge is 0.372 e. The number of imidazole rings is 1. The van der Waals surface area contributed by atoms with Crippen LogP contribution in [-0.2, 0) is 0 Å². The molecule has 0 amide bonds. The summed E-state index contributed by atoms with van der Waals surface area (Å²) in [6, 6.07) is 10.7. The minimum absolute atomic E-state index is 0.922. The van der Waals surface area contributed by atoms with Crippen LogP contribution in [0, 0.1) is 0 Å². The Kier molecular flexibility index (Phi) is 3.77. The summed E-state index contributed by atoms with van der Waals surface area (Å²) in [5, 5.41) is 0. The number of fused-ring (bicyclic) bond motifs is 1. The van der Waals surface area contributed by atoms with Crippen LogP contribution in [0.2, 0.25) is 0 Å². The van der Waals surface area contributed by atoms with Crippen molar-refractivity contribution in [1.29, 1.82) is 0 Å². The minimum Gasteiger partial charge on any atom is -0.372 e. The van der Waals surface area contributed by atoms with Crippen molar-refractivity contribution >= 4 is 28.8 Å². The van der Waals surface area contributed by atoms with Gasteiger partial charge in [-0.1, -0.05) is 0 Å². The van der Waals surface area contributed by atoms with Crippen molar-refractivity contribution in [2.75, 3.05) is 18.0 Å². The lowest BCUT2D eigenvalue weighted by Gasteiger charge is -2.18. The first kappa shape index (κ1) is 15.3. The van der Waals surface area contributed by atoms with Crippen molar-refractivity contribution in [3.63, 3.8) is 0 Å². The molecule has 1 fully saturated rings. The van der Waals surface area contributed by atoms with Crippen molar-refractivity contribution < 1.29 is 0 Å². The topological polar surface area (TPSA) is 46.3 Å². The van der Waals surface area contributed by atoms with Gasteiger partial charge in [0.2, 0.25) is 0 Å². The average molecular weight is 343 g/mol. The molecule has 5 nitrogen and oxygen atoms in total. The summed E-state index contributed by atoms with van der Waals surface area (Å²) >= 11 is 0. The number of rotatable bonds is 3. The summed E-state index contributed by atoms with van der Waals surface area (Å²) in [6.45, 7) is 2.32.